The molecule has 5 heteroatoms. The number of benzene rings is 1. The molecule has 1 N–H and O–H groups in total. The first-order valence-corrected chi connectivity index (χ1v) is 7.56. The third kappa shape index (κ3) is 2.79. The molecule has 2 atom stereocenters. The zero-order chi connectivity index (χ0) is 13.2. The lowest BCUT2D eigenvalue weighted by molar-refractivity contribution is 0.0889. The monoisotopic (exact) mass is 268 g/mol. The maximum Gasteiger partial charge on any atom is 0.268 e. The smallest absolute Gasteiger partial charge is 0.268 e. The molecular weight excluding hydrogens is 252 g/mol. The van der Waals surface area contributed by atoms with E-state index < -0.39 is 21.3 Å². The molecule has 18 heavy (non-hydrogen) atoms. The standard InChI is InChI=1S/C13H16O4S/c14-13(10-6-2-1-3-7-10)11-8-4-5-9-12(11)18(15,16)17/h1-3,6-7,11-12H,4-5,8-9H2,(H,15,16,17)/t11-,12-/m0/s1. The fourth-order valence-electron chi connectivity index (χ4n) is 2.57. The van der Waals surface area contributed by atoms with Crippen molar-refractivity contribution >= 4 is 15.9 Å². The first-order valence-electron chi connectivity index (χ1n) is 6.05. The minimum Gasteiger partial charge on any atom is -0.294 e. The Morgan fingerprint density at radius 1 is 1.11 bits per heavy atom. The van der Waals surface area contributed by atoms with E-state index in [1.165, 1.54) is 0 Å². The van der Waals surface area contributed by atoms with Crippen molar-refractivity contribution in [3.8, 4) is 0 Å². The molecule has 0 aromatic heterocycles. The molecule has 0 heterocycles. The Kier molecular flexibility index (Phi) is 3.82. The summed E-state index contributed by atoms with van der Waals surface area (Å²) in [5, 5.41) is -0.945. The molecule has 0 unspecified atom stereocenters. The number of hydrogen-bond donors (Lipinski definition) is 1. The number of hydrogen-bond acceptors (Lipinski definition) is 3. The molecule has 1 aromatic rings. The summed E-state index contributed by atoms with van der Waals surface area (Å²) in [6.07, 6.45) is 2.46. The Morgan fingerprint density at radius 2 is 1.72 bits per heavy atom. The van der Waals surface area contributed by atoms with Crippen LogP contribution >= 0.6 is 0 Å². The molecule has 1 aliphatic carbocycles. The number of rotatable bonds is 3. The lowest BCUT2D eigenvalue weighted by Gasteiger charge is -2.28. The van der Waals surface area contributed by atoms with E-state index in [2.05, 4.69) is 0 Å². The van der Waals surface area contributed by atoms with Crippen LogP contribution in [0.1, 0.15) is 36.0 Å². The van der Waals surface area contributed by atoms with Gasteiger partial charge in [0.15, 0.2) is 5.78 Å². The zero-order valence-electron chi connectivity index (χ0n) is 9.95. The van der Waals surface area contributed by atoms with E-state index in [9.17, 15) is 17.8 Å². The molecule has 0 amide bonds. The Morgan fingerprint density at radius 3 is 2.33 bits per heavy atom. The predicted molar refractivity (Wildman–Crippen MR) is 68.1 cm³/mol. The van der Waals surface area contributed by atoms with Crippen molar-refractivity contribution < 1.29 is 17.8 Å². The molecule has 0 aliphatic heterocycles. The van der Waals surface area contributed by atoms with Gasteiger partial charge >= 0.3 is 0 Å². The Balaban J connectivity index is 2.28. The number of ketones is 1. The lowest BCUT2D eigenvalue weighted by atomic mass is 9.83. The van der Waals surface area contributed by atoms with E-state index in [4.69, 9.17) is 0 Å². The van der Waals surface area contributed by atoms with Crippen LogP contribution in [0.5, 0.6) is 0 Å². The van der Waals surface area contributed by atoms with Crippen LogP contribution in [0.25, 0.3) is 0 Å². The summed E-state index contributed by atoms with van der Waals surface area (Å²) in [6, 6.07) is 8.66. The summed E-state index contributed by atoms with van der Waals surface area (Å²) in [4.78, 5) is 12.3. The van der Waals surface area contributed by atoms with Gasteiger partial charge in [-0.15, -0.1) is 0 Å². The van der Waals surface area contributed by atoms with E-state index >= 15 is 0 Å². The molecule has 1 aliphatic rings. The van der Waals surface area contributed by atoms with Crippen LogP contribution in [0.2, 0.25) is 0 Å². The Bertz CT molecular complexity index is 521. The molecule has 2 rings (SSSR count). The van der Waals surface area contributed by atoms with E-state index in [-0.39, 0.29) is 5.78 Å². The molecule has 1 saturated carbocycles. The van der Waals surface area contributed by atoms with Crippen molar-refractivity contribution in [1.29, 1.82) is 0 Å². The fraction of sp³-hybridized carbons (Fsp3) is 0.462. The maximum absolute atomic E-state index is 12.3. The normalized spacial score (nSPS) is 24.7. The van der Waals surface area contributed by atoms with Gasteiger partial charge in [0.1, 0.15) is 0 Å². The van der Waals surface area contributed by atoms with Crippen LogP contribution in [0, 0.1) is 5.92 Å². The molecule has 1 fully saturated rings. The van der Waals surface area contributed by atoms with Gasteiger partial charge in [0.2, 0.25) is 0 Å². The summed E-state index contributed by atoms with van der Waals surface area (Å²) < 4.78 is 31.9. The van der Waals surface area contributed by atoms with Crippen LogP contribution in [0.3, 0.4) is 0 Å². The zero-order valence-corrected chi connectivity index (χ0v) is 10.8. The van der Waals surface area contributed by atoms with E-state index in [1.807, 2.05) is 0 Å². The second-order valence-corrected chi connectivity index (χ2v) is 6.31. The van der Waals surface area contributed by atoms with Gasteiger partial charge in [-0.2, -0.15) is 8.42 Å². The summed E-state index contributed by atoms with van der Waals surface area (Å²) >= 11 is 0. The Hall–Kier alpha value is -1.20. The summed E-state index contributed by atoms with van der Waals surface area (Å²) in [5.41, 5.74) is 0.512. The highest BCUT2D eigenvalue weighted by Gasteiger charge is 2.38. The van der Waals surface area contributed by atoms with Crippen molar-refractivity contribution in [2.75, 3.05) is 0 Å². The average molecular weight is 268 g/mol. The molecule has 1 aromatic carbocycles. The summed E-state index contributed by atoms with van der Waals surface area (Å²) in [5.74, 6) is -0.797. The van der Waals surface area contributed by atoms with E-state index in [0.717, 1.165) is 12.8 Å². The minimum absolute atomic E-state index is 0.182. The van der Waals surface area contributed by atoms with Crippen molar-refractivity contribution in [2.45, 2.75) is 30.9 Å². The fourth-order valence-corrected chi connectivity index (χ4v) is 3.71. The van der Waals surface area contributed by atoms with Crippen LogP contribution in [0.15, 0.2) is 30.3 Å². The van der Waals surface area contributed by atoms with Crippen molar-refractivity contribution in [3.63, 3.8) is 0 Å². The number of carbonyl (C=O) groups excluding carboxylic acids is 1. The molecule has 0 bridgehead atoms. The SMILES string of the molecule is O=C(c1ccccc1)[C@H]1CCCC[C@@H]1S(=O)(=O)O. The van der Waals surface area contributed by atoms with Gasteiger partial charge in [-0.3, -0.25) is 9.35 Å². The predicted octanol–water partition coefficient (Wildman–Crippen LogP) is 2.32. The van der Waals surface area contributed by atoms with Gasteiger partial charge in [0.25, 0.3) is 10.1 Å². The molecule has 4 nitrogen and oxygen atoms in total. The highest BCUT2D eigenvalue weighted by atomic mass is 32.2. The largest absolute Gasteiger partial charge is 0.294 e. The quantitative estimate of drug-likeness (QED) is 0.674. The first kappa shape index (κ1) is 13.2. The van der Waals surface area contributed by atoms with Crippen LogP contribution in [0.4, 0.5) is 0 Å². The third-order valence-electron chi connectivity index (χ3n) is 3.48. The van der Waals surface area contributed by atoms with Gasteiger partial charge in [-0.25, -0.2) is 0 Å². The van der Waals surface area contributed by atoms with Crippen LogP contribution in [-0.2, 0) is 10.1 Å². The highest BCUT2D eigenvalue weighted by molar-refractivity contribution is 7.86. The lowest BCUT2D eigenvalue weighted by Crippen LogP contribution is -2.37. The number of carbonyl (C=O) groups is 1. The maximum atomic E-state index is 12.3. The molecule has 98 valence electrons. The van der Waals surface area contributed by atoms with Gasteiger partial charge in [-0.1, -0.05) is 43.2 Å². The summed E-state index contributed by atoms with van der Waals surface area (Å²) in [7, 11) is -4.15. The topological polar surface area (TPSA) is 71.4 Å². The minimum atomic E-state index is -4.15. The molecule has 0 saturated heterocycles. The number of Topliss-reactive ketones (excluding diaryl/α,β-unsaturated/α-hetero) is 1. The second-order valence-electron chi connectivity index (χ2n) is 4.67. The Labute approximate surface area is 107 Å². The van der Waals surface area contributed by atoms with Crippen molar-refractivity contribution in [1.82, 2.24) is 0 Å². The van der Waals surface area contributed by atoms with Crippen LogP contribution < -0.4 is 0 Å². The van der Waals surface area contributed by atoms with Crippen molar-refractivity contribution in [3.05, 3.63) is 35.9 Å². The highest BCUT2D eigenvalue weighted by Crippen LogP contribution is 2.31. The average Bonchev–Trinajstić information content (AvgIpc) is 2.38. The van der Waals surface area contributed by atoms with Gasteiger partial charge < -0.3 is 0 Å². The molecular formula is C13H16O4S. The summed E-state index contributed by atoms with van der Waals surface area (Å²) in [6.45, 7) is 0. The molecule has 0 spiro atoms. The van der Waals surface area contributed by atoms with E-state index in [1.54, 1.807) is 30.3 Å². The molecule has 0 radical (unpaired) electrons. The first-order chi connectivity index (χ1) is 8.50. The van der Waals surface area contributed by atoms with Gasteiger partial charge in [0, 0.05) is 11.5 Å². The van der Waals surface area contributed by atoms with E-state index in [0.29, 0.717) is 18.4 Å². The second kappa shape index (κ2) is 5.20. The van der Waals surface area contributed by atoms with Gasteiger partial charge in [-0.05, 0) is 12.8 Å². The van der Waals surface area contributed by atoms with Gasteiger partial charge in [0.05, 0.1) is 5.25 Å². The van der Waals surface area contributed by atoms with Crippen molar-refractivity contribution in [2.24, 2.45) is 5.92 Å². The van der Waals surface area contributed by atoms with Crippen LogP contribution in [-0.4, -0.2) is 24.0 Å². The third-order valence-corrected chi connectivity index (χ3v) is 4.81.